The second-order valence-electron chi connectivity index (χ2n) is 5.94. The molecule has 0 rings (SSSR count). The zero-order chi connectivity index (χ0) is 19.4. The number of halogens is 1. The first kappa shape index (κ1) is 24.0. The molecule has 0 bridgehead atoms. The van der Waals surface area contributed by atoms with E-state index in [1.54, 1.807) is 36.5 Å². The topological polar surface area (TPSA) is 35.5 Å². The number of allylic oxidation sites excluding steroid dienone is 6. The van der Waals surface area contributed by atoms with E-state index < -0.39 is 24.5 Å². The maximum atomic E-state index is 15.0. The van der Waals surface area contributed by atoms with E-state index in [1.165, 1.54) is 0 Å². The fraction of sp³-hybridized carbons (Fsp3) is 0.333. The van der Waals surface area contributed by atoms with Gasteiger partial charge in [-0.25, -0.2) is 4.57 Å². The molecular weight excluding hydrogens is 370 g/mol. The van der Waals surface area contributed by atoms with Crippen molar-refractivity contribution < 1.29 is 17.2 Å². The van der Waals surface area contributed by atoms with Crippen molar-refractivity contribution in [3.8, 4) is 0 Å². The molecule has 0 saturated carbocycles. The first-order valence-electron chi connectivity index (χ1n) is 8.15. The number of hydrogen-bond acceptors (Lipinski definition) is 3. The monoisotopic (exact) mass is 400 g/mol. The van der Waals surface area contributed by atoms with Gasteiger partial charge in [-0.05, 0) is 36.3 Å². The van der Waals surface area contributed by atoms with Gasteiger partial charge in [0.05, 0.1) is 0 Å². The van der Waals surface area contributed by atoms with Gasteiger partial charge in [0.25, 0.3) is 0 Å². The number of hydrogen-bond donors (Lipinski definition) is 0. The van der Waals surface area contributed by atoms with Crippen LogP contribution < -0.4 is 0 Å². The fourth-order valence-electron chi connectivity index (χ4n) is 2.78. The van der Waals surface area contributed by atoms with Crippen molar-refractivity contribution in [2.45, 2.75) is 36.3 Å². The summed E-state index contributed by atoms with van der Waals surface area (Å²) < 4.78 is 38.8. The standard InChI is InChI=1S/C18H30FO3PSi2/c1-7-13-24(14-8-2,15-9-3)21-23(19,20)22-25(16-10-4,17-11-5)18-12-6/h7-12H,1-6,13-18H2. The summed E-state index contributed by atoms with van der Waals surface area (Å²) in [5.41, 5.74) is 0. The Bertz CT molecular complexity index is 451. The molecule has 0 N–H and O–H groups in total. The molecule has 0 unspecified atom stereocenters. The van der Waals surface area contributed by atoms with Gasteiger partial charge >= 0.3 is 7.91 Å². The van der Waals surface area contributed by atoms with E-state index in [-0.39, 0.29) is 0 Å². The van der Waals surface area contributed by atoms with Gasteiger partial charge in [0.15, 0.2) is 0 Å². The van der Waals surface area contributed by atoms with E-state index >= 15 is 0 Å². The van der Waals surface area contributed by atoms with E-state index in [9.17, 15) is 8.76 Å². The Balaban J connectivity index is 5.68. The van der Waals surface area contributed by atoms with Gasteiger partial charge in [-0.2, -0.15) is 0 Å². The smallest absolute Gasteiger partial charge is 0.326 e. The molecule has 0 aromatic carbocycles. The molecular formula is C18H30FO3PSi2. The maximum Gasteiger partial charge on any atom is 0.493 e. The molecule has 0 amide bonds. The normalized spacial score (nSPS) is 12.2. The van der Waals surface area contributed by atoms with Gasteiger partial charge in [0.1, 0.15) is 0 Å². The Labute approximate surface area is 154 Å². The molecule has 0 aromatic heterocycles. The molecule has 25 heavy (non-hydrogen) atoms. The molecule has 0 heterocycles. The minimum atomic E-state index is -4.78. The zero-order valence-corrected chi connectivity index (χ0v) is 17.9. The average molecular weight is 401 g/mol. The second kappa shape index (κ2) is 11.5. The van der Waals surface area contributed by atoms with Crippen LogP contribution in [0.15, 0.2) is 75.9 Å². The highest BCUT2D eigenvalue weighted by molar-refractivity contribution is 7.51. The summed E-state index contributed by atoms with van der Waals surface area (Å²) >= 11 is 0. The lowest BCUT2D eigenvalue weighted by Gasteiger charge is -2.34. The third-order valence-corrected chi connectivity index (χ3v) is 14.7. The second-order valence-corrected chi connectivity index (χ2v) is 15.4. The highest BCUT2D eigenvalue weighted by Gasteiger charge is 2.46. The highest BCUT2D eigenvalue weighted by Crippen LogP contribution is 2.57. The van der Waals surface area contributed by atoms with Crippen molar-refractivity contribution in [2.24, 2.45) is 0 Å². The van der Waals surface area contributed by atoms with Crippen LogP contribution in [-0.2, 0) is 13.0 Å². The third kappa shape index (κ3) is 8.25. The van der Waals surface area contributed by atoms with Crippen molar-refractivity contribution in [3.63, 3.8) is 0 Å². The third-order valence-electron chi connectivity index (χ3n) is 3.70. The Morgan fingerprint density at radius 1 is 0.640 bits per heavy atom. The Morgan fingerprint density at radius 3 is 1.00 bits per heavy atom. The van der Waals surface area contributed by atoms with Gasteiger partial charge < -0.3 is 8.43 Å². The first-order valence-corrected chi connectivity index (χ1v) is 14.6. The lowest BCUT2D eigenvalue weighted by Crippen LogP contribution is -2.39. The van der Waals surface area contributed by atoms with Crippen molar-refractivity contribution in [3.05, 3.63) is 75.9 Å². The quantitative estimate of drug-likeness (QED) is 0.157. The molecule has 0 radical (unpaired) electrons. The minimum Gasteiger partial charge on any atom is -0.326 e. The summed E-state index contributed by atoms with van der Waals surface area (Å²) in [7, 11) is -10.3. The molecule has 7 heteroatoms. The van der Waals surface area contributed by atoms with Crippen LogP contribution in [0.4, 0.5) is 4.20 Å². The fourth-order valence-corrected chi connectivity index (χ4v) is 12.9. The Kier molecular flexibility index (Phi) is 11.1. The van der Waals surface area contributed by atoms with E-state index in [0.29, 0.717) is 36.3 Å². The molecule has 0 saturated heterocycles. The molecule has 0 aliphatic rings. The molecule has 3 nitrogen and oxygen atoms in total. The largest absolute Gasteiger partial charge is 0.493 e. The first-order chi connectivity index (χ1) is 11.8. The van der Waals surface area contributed by atoms with Crippen LogP contribution in [0.1, 0.15) is 0 Å². The summed E-state index contributed by atoms with van der Waals surface area (Å²) in [5, 5.41) is 0. The molecule has 0 spiro atoms. The lowest BCUT2D eigenvalue weighted by molar-refractivity contribution is 0.327. The minimum absolute atomic E-state index is 0.432. The summed E-state index contributed by atoms with van der Waals surface area (Å²) in [6, 6.07) is 2.59. The molecule has 0 aromatic rings. The zero-order valence-electron chi connectivity index (χ0n) is 15.0. The summed E-state index contributed by atoms with van der Waals surface area (Å²) in [6.07, 6.45) is 9.92. The van der Waals surface area contributed by atoms with E-state index in [0.717, 1.165) is 0 Å². The van der Waals surface area contributed by atoms with Crippen molar-refractivity contribution >= 4 is 24.5 Å². The van der Waals surface area contributed by atoms with Crippen molar-refractivity contribution in [1.29, 1.82) is 0 Å². The maximum absolute atomic E-state index is 15.0. The van der Waals surface area contributed by atoms with Gasteiger partial charge in [-0.3, -0.25) is 0 Å². The van der Waals surface area contributed by atoms with Crippen LogP contribution in [0.2, 0.25) is 36.3 Å². The van der Waals surface area contributed by atoms with Gasteiger partial charge in [0, 0.05) is 0 Å². The van der Waals surface area contributed by atoms with Gasteiger partial charge in [-0.15, -0.1) is 43.7 Å². The molecule has 0 aliphatic heterocycles. The van der Waals surface area contributed by atoms with Crippen molar-refractivity contribution in [1.82, 2.24) is 0 Å². The number of rotatable bonds is 16. The summed E-state index contributed by atoms with van der Waals surface area (Å²) in [5.74, 6) is 0. The predicted octanol–water partition coefficient (Wildman–Crippen LogP) is 7.10. The SMILES string of the molecule is C=CC[Si](CC=C)(CC=C)OP(=O)(F)O[Si](CC=C)(CC=C)CC=C. The molecule has 0 atom stereocenters. The molecule has 0 fully saturated rings. The highest BCUT2D eigenvalue weighted by atomic mass is 31.2. The van der Waals surface area contributed by atoms with Crippen molar-refractivity contribution in [2.75, 3.05) is 0 Å². The summed E-state index contributed by atoms with van der Waals surface area (Å²) in [6.45, 7) is 22.2. The van der Waals surface area contributed by atoms with Crippen LogP contribution >= 0.6 is 7.91 Å². The van der Waals surface area contributed by atoms with Gasteiger partial charge in [-0.1, -0.05) is 36.5 Å². The van der Waals surface area contributed by atoms with Crippen LogP contribution in [0.3, 0.4) is 0 Å². The Hall–Kier alpha value is -1.05. The Morgan fingerprint density at radius 2 is 0.840 bits per heavy atom. The lowest BCUT2D eigenvalue weighted by atomic mass is 10.7. The van der Waals surface area contributed by atoms with E-state index in [4.69, 9.17) is 8.43 Å². The predicted molar refractivity (Wildman–Crippen MR) is 112 cm³/mol. The van der Waals surface area contributed by atoms with Crippen LogP contribution in [0.5, 0.6) is 0 Å². The summed E-state index contributed by atoms with van der Waals surface area (Å²) in [4.78, 5) is 0. The molecule has 140 valence electrons. The van der Waals surface area contributed by atoms with E-state index in [2.05, 4.69) is 39.5 Å². The van der Waals surface area contributed by atoms with E-state index in [1.807, 2.05) is 0 Å². The van der Waals surface area contributed by atoms with Crippen LogP contribution in [-0.4, -0.2) is 16.6 Å². The molecule has 0 aliphatic carbocycles. The van der Waals surface area contributed by atoms with Crippen LogP contribution in [0, 0.1) is 0 Å². The van der Waals surface area contributed by atoms with Gasteiger partial charge in [0.2, 0.25) is 16.6 Å². The van der Waals surface area contributed by atoms with Crippen LogP contribution in [0.25, 0.3) is 0 Å². The average Bonchev–Trinajstić information content (AvgIpc) is 2.47.